The monoisotopic (exact) mass is 284 g/mol. The van der Waals surface area contributed by atoms with Gasteiger partial charge in [-0.3, -0.25) is 0 Å². The van der Waals surface area contributed by atoms with Crippen molar-refractivity contribution in [1.29, 1.82) is 0 Å². The normalized spacial score (nSPS) is 15.6. The topological polar surface area (TPSA) is 41.9 Å². The van der Waals surface area contributed by atoms with Gasteiger partial charge in [0, 0.05) is 24.2 Å². The third-order valence-electron chi connectivity index (χ3n) is 3.94. The molecule has 4 heterocycles. The fourth-order valence-corrected chi connectivity index (χ4v) is 4.32. The van der Waals surface area contributed by atoms with Crippen molar-refractivity contribution in [3.8, 4) is 0 Å². The molecule has 20 heavy (non-hydrogen) atoms. The van der Waals surface area contributed by atoms with Crippen LogP contribution in [0.4, 0.5) is 5.82 Å². The number of hydrogen-bond donors (Lipinski definition) is 0. The minimum Gasteiger partial charge on any atom is -0.355 e. The Morgan fingerprint density at radius 1 is 1.15 bits per heavy atom. The minimum absolute atomic E-state index is 1.06. The Labute approximate surface area is 121 Å². The highest BCUT2D eigenvalue weighted by molar-refractivity contribution is 7.26. The third kappa shape index (κ3) is 1.69. The van der Waals surface area contributed by atoms with E-state index >= 15 is 0 Å². The van der Waals surface area contributed by atoms with Crippen molar-refractivity contribution >= 4 is 37.6 Å². The maximum atomic E-state index is 4.67. The highest BCUT2D eigenvalue weighted by Gasteiger charge is 2.20. The van der Waals surface area contributed by atoms with Crippen LogP contribution in [0.15, 0.2) is 12.4 Å². The van der Waals surface area contributed by atoms with E-state index in [2.05, 4.69) is 32.8 Å². The van der Waals surface area contributed by atoms with Crippen LogP contribution in [0.3, 0.4) is 0 Å². The second-order valence-electron chi connectivity index (χ2n) is 5.43. The number of hydrogen-bond acceptors (Lipinski definition) is 5. The number of pyridine rings is 1. The molecule has 1 aliphatic rings. The number of rotatable bonds is 1. The SMILES string of the molecule is Cc1cc(C)c2c(n1)sc1c(N3CCCC3)ncnc12. The molecule has 102 valence electrons. The van der Waals surface area contributed by atoms with Crippen molar-refractivity contribution in [1.82, 2.24) is 15.0 Å². The average molecular weight is 284 g/mol. The lowest BCUT2D eigenvalue weighted by molar-refractivity contribution is 0.941. The molecule has 0 atom stereocenters. The van der Waals surface area contributed by atoms with Crippen LogP contribution in [0.2, 0.25) is 0 Å². The second kappa shape index (κ2) is 4.38. The van der Waals surface area contributed by atoms with Crippen LogP contribution in [-0.4, -0.2) is 28.0 Å². The summed E-state index contributed by atoms with van der Waals surface area (Å²) in [5, 5.41) is 1.19. The zero-order valence-corrected chi connectivity index (χ0v) is 12.5. The molecule has 0 spiro atoms. The number of thiophene rings is 1. The van der Waals surface area contributed by atoms with Crippen LogP contribution in [-0.2, 0) is 0 Å². The highest BCUT2D eigenvalue weighted by atomic mass is 32.1. The molecule has 0 aliphatic carbocycles. The summed E-state index contributed by atoms with van der Waals surface area (Å²) in [5.41, 5.74) is 3.38. The van der Waals surface area contributed by atoms with Gasteiger partial charge in [-0.1, -0.05) is 0 Å². The van der Waals surface area contributed by atoms with Gasteiger partial charge in [0.05, 0.1) is 10.2 Å². The van der Waals surface area contributed by atoms with Crippen LogP contribution in [0.1, 0.15) is 24.1 Å². The Bertz CT molecular complexity index is 802. The Balaban J connectivity index is 2.06. The summed E-state index contributed by atoms with van der Waals surface area (Å²) in [6.45, 7) is 6.39. The van der Waals surface area contributed by atoms with E-state index in [0.29, 0.717) is 0 Å². The summed E-state index contributed by atoms with van der Waals surface area (Å²) in [5.74, 6) is 1.09. The van der Waals surface area contributed by atoms with E-state index in [4.69, 9.17) is 0 Å². The molecule has 0 unspecified atom stereocenters. The average Bonchev–Trinajstić information content (AvgIpc) is 3.04. The lowest BCUT2D eigenvalue weighted by atomic mass is 10.1. The van der Waals surface area contributed by atoms with Gasteiger partial charge in [0.1, 0.15) is 17.0 Å². The number of aromatic nitrogens is 3. The Kier molecular flexibility index (Phi) is 2.63. The predicted octanol–water partition coefficient (Wildman–Crippen LogP) is 3.46. The van der Waals surface area contributed by atoms with Crippen molar-refractivity contribution in [3.63, 3.8) is 0 Å². The smallest absolute Gasteiger partial charge is 0.150 e. The van der Waals surface area contributed by atoms with E-state index in [0.717, 1.165) is 34.9 Å². The summed E-state index contributed by atoms with van der Waals surface area (Å²) < 4.78 is 1.19. The highest BCUT2D eigenvalue weighted by Crippen LogP contribution is 2.38. The summed E-state index contributed by atoms with van der Waals surface area (Å²) >= 11 is 1.73. The number of nitrogens with zero attached hydrogens (tertiary/aromatic N) is 4. The molecule has 0 amide bonds. The zero-order chi connectivity index (χ0) is 13.7. The first-order valence-corrected chi connectivity index (χ1v) is 7.82. The van der Waals surface area contributed by atoms with Crippen molar-refractivity contribution in [2.24, 2.45) is 0 Å². The quantitative estimate of drug-likeness (QED) is 0.686. The lowest BCUT2D eigenvalue weighted by Crippen LogP contribution is -2.18. The van der Waals surface area contributed by atoms with Gasteiger partial charge in [-0.2, -0.15) is 0 Å². The molecule has 3 aromatic heterocycles. The molecule has 4 nitrogen and oxygen atoms in total. The van der Waals surface area contributed by atoms with Gasteiger partial charge in [-0.05, 0) is 38.3 Å². The van der Waals surface area contributed by atoms with E-state index in [-0.39, 0.29) is 0 Å². The van der Waals surface area contributed by atoms with E-state index in [9.17, 15) is 0 Å². The van der Waals surface area contributed by atoms with Gasteiger partial charge in [0.15, 0.2) is 0 Å². The van der Waals surface area contributed by atoms with Crippen molar-refractivity contribution in [2.75, 3.05) is 18.0 Å². The van der Waals surface area contributed by atoms with Crippen molar-refractivity contribution < 1.29 is 0 Å². The Hall–Kier alpha value is -1.75. The van der Waals surface area contributed by atoms with Crippen LogP contribution in [0.5, 0.6) is 0 Å². The molecule has 1 fully saturated rings. The lowest BCUT2D eigenvalue weighted by Gasteiger charge is -2.16. The maximum Gasteiger partial charge on any atom is 0.150 e. The molecule has 5 heteroatoms. The van der Waals surface area contributed by atoms with Gasteiger partial charge < -0.3 is 4.90 Å². The van der Waals surface area contributed by atoms with E-state index < -0.39 is 0 Å². The molecule has 4 rings (SSSR count). The first kappa shape index (κ1) is 12.0. The maximum absolute atomic E-state index is 4.67. The fraction of sp³-hybridized carbons (Fsp3) is 0.400. The molecule has 0 N–H and O–H groups in total. The van der Waals surface area contributed by atoms with E-state index in [1.807, 2.05) is 6.92 Å². The zero-order valence-electron chi connectivity index (χ0n) is 11.7. The number of anilines is 1. The summed E-state index contributed by atoms with van der Waals surface area (Å²) in [7, 11) is 0. The van der Waals surface area contributed by atoms with Crippen LogP contribution in [0, 0.1) is 13.8 Å². The van der Waals surface area contributed by atoms with Crippen molar-refractivity contribution in [2.45, 2.75) is 26.7 Å². The largest absolute Gasteiger partial charge is 0.355 e. The molecule has 1 aliphatic heterocycles. The van der Waals surface area contributed by atoms with Crippen LogP contribution in [0.25, 0.3) is 20.4 Å². The molecule has 0 bridgehead atoms. The fourth-order valence-electron chi connectivity index (χ4n) is 3.05. The molecule has 0 saturated carbocycles. The van der Waals surface area contributed by atoms with Crippen molar-refractivity contribution in [3.05, 3.63) is 23.7 Å². The molecule has 1 saturated heterocycles. The van der Waals surface area contributed by atoms with Gasteiger partial charge in [0.25, 0.3) is 0 Å². The summed E-state index contributed by atoms with van der Waals surface area (Å²) in [4.78, 5) is 17.2. The Morgan fingerprint density at radius 3 is 2.75 bits per heavy atom. The van der Waals surface area contributed by atoms with Crippen LogP contribution >= 0.6 is 11.3 Å². The van der Waals surface area contributed by atoms with Gasteiger partial charge in [0.2, 0.25) is 0 Å². The molecule has 3 aromatic rings. The number of fused-ring (bicyclic) bond motifs is 3. The van der Waals surface area contributed by atoms with E-state index in [1.54, 1.807) is 17.7 Å². The first-order chi connectivity index (χ1) is 9.74. The number of aryl methyl sites for hydroxylation is 2. The second-order valence-corrected chi connectivity index (χ2v) is 6.43. The molecular weight excluding hydrogens is 268 g/mol. The van der Waals surface area contributed by atoms with Crippen LogP contribution < -0.4 is 4.90 Å². The summed E-state index contributed by atoms with van der Waals surface area (Å²) in [6.07, 6.45) is 4.21. The Morgan fingerprint density at radius 2 is 1.95 bits per heavy atom. The minimum atomic E-state index is 1.06. The van der Waals surface area contributed by atoms with Gasteiger partial charge in [-0.25, -0.2) is 15.0 Å². The molecular formula is C15H16N4S. The molecule has 0 radical (unpaired) electrons. The summed E-state index contributed by atoms with van der Waals surface area (Å²) in [6, 6.07) is 2.13. The van der Waals surface area contributed by atoms with Gasteiger partial charge >= 0.3 is 0 Å². The predicted molar refractivity (Wildman–Crippen MR) is 83.6 cm³/mol. The first-order valence-electron chi connectivity index (χ1n) is 7.00. The molecule has 0 aromatic carbocycles. The van der Waals surface area contributed by atoms with Gasteiger partial charge in [-0.15, -0.1) is 11.3 Å². The van der Waals surface area contributed by atoms with E-state index in [1.165, 1.54) is 28.5 Å². The third-order valence-corrected chi connectivity index (χ3v) is 5.01. The standard InChI is InChI=1S/C15H16N4S/c1-9-7-10(2)18-15-11(9)12-13(20-15)14(17-8-16-12)19-5-3-4-6-19/h7-8H,3-6H2,1-2H3.